The molecule has 0 aromatic carbocycles. The SMILES string of the molecule is CC1=CCCO1.O=P(O)(O)O. The molecule has 0 fully saturated rings. The topological polar surface area (TPSA) is 87.0 Å². The van der Waals surface area contributed by atoms with E-state index >= 15 is 0 Å². The maximum absolute atomic E-state index is 8.88. The van der Waals surface area contributed by atoms with Gasteiger partial charge in [-0.1, -0.05) is 0 Å². The van der Waals surface area contributed by atoms with Crippen LogP contribution in [-0.4, -0.2) is 21.3 Å². The summed E-state index contributed by atoms with van der Waals surface area (Å²) in [5.41, 5.74) is 0. The largest absolute Gasteiger partial charge is 0.498 e. The van der Waals surface area contributed by atoms with Gasteiger partial charge in [0, 0.05) is 6.42 Å². The van der Waals surface area contributed by atoms with Gasteiger partial charge >= 0.3 is 7.82 Å². The molecule has 0 radical (unpaired) electrons. The van der Waals surface area contributed by atoms with Gasteiger partial charge in [0.05, 0.1) is 12.4 Å². The van der Waals surface area contributed by atoms with Crippen LogP contribution in [0, 0.1) is 0 Å². The zero-order valence-electron chi connectivity index (χ0n) is 6.10. The summed E-state index contributed by atoms with van der Waals surface area (Å²) in [5.74, 6) is 1.08. The molecule has 11 heavy (non-hydrogen) atoms. The highest BCUT2D eigenvalue weighted by Gasteiger charge is 2.00. The van der Waals surface area contributed by atoms with Gasteiger partial charge in [0.15, 0.2) is 0 Å². The third-order valence-electron chi connectivity index (χ3n) is 0.879. The van der Waals surface area contributed by atoms with E-state index in [1.165, 1.54) is 0 Å². The predicted octanol–water partition coefficient (Wildman–Crippen LogP) is 0.382. The second kappa shape index (κ2) is 4.51. The van der Waals surface area contributed by atoms with Crippen LogP contribution in [0.25, 0.3) is 0 Å². The molecule has 0 saturated heterocycles. The van der Waals surface area contributed by atoms with E-state index in [2.05, 4.69) is 6.08 Å². The molecule has 0 spiro atoms. The van der Waals surface area contributed by atoms with Crippen molar-refractivity contribution in [2.75, 3.05) is 6.61 Å². The van der Waals surface area contributed by atoms with Crippen LogP contribution in [0.2, 0.25) is 0 Å². The standard InChI is InChI=1S/C5H8O.H3O4P/c1-5-3-2-4-6-5;1-5(2,3)4/h3H,2,4H2,1H3;(H3,1,2,3,4). The Balaban J connectivity index is 0.000000187. The monoisotopic (exact) mass is 182 g/mol. The number of hydrogen-bond donors (Lipinski definition) is 3. The molecule has 0 aliphatic carbocycles. The summed E-state index contributed by atoms with van der Waals surface area (Å²) in [7, 11) is -4.64. The first-order chi connectivity index (χ1) is 4.89. The van der Waals surface area contributed by atoms with Crippen LogP contribution >= 0.6 is 7.82 Å². The smallest absolute Gasteiger partial charge is 0.466 e. The molecule has 1 aliphatic heterocycles. The predicted molar refractivity (Wildman–Crippen MR) is 38.6 cm³/mol. The van der Waals surface area contributed by atoms with Crippen LogP contribution < -0.4 is 0 Å². The zero-order valence-corrected chi connectivity index (χ0v) is 6.99. The lowest BCUT2D eigenvalue weighted by Crippen LogP contribution is -1.76. The average Bonchev–Trinajstić information content (AvgIpc) is 2.12. The molecule has 6 heteroatoms. The van der Waals surface area contributed by atoms with Crippen LogP contribution in [0.4, 0.5) is 0 Å². The summed E-state index contributed by atoms with van der Waals surface area (Å²) < 4.78 is 13.9. The van der Waals surface area contributed by atoms with Crippen molar-refractivity contribution in [3.05, 3.63) is 11.8 Å². The highest BCUT2D eigenvalue weighted by atomic mass is 31.2. The van der Waals surface area contributed by atoms with Crippen molar-refractivity contribution < 1.29 is 24.0 Å². The molecule has 0 saturated carbocycles. The second-order valence-corrected chi connectivity index (χ2v) is 2.99. The number of ether oxygens (including phenoxy) is 1. The van der Waals surface area contributed by atoms with Crippen molar-refractivity contribution in [2.45, 2.75) is 13.3 Å². The molecule has 0 atom stereocenters. The van der Waals surface area contributed by atoms with E-state index in [4.69, 9.17) is 24.0 Å². The third-order valence-corrected chi connectivity index (χ3v) is 0.879. The lowest BCUT2D eigenvalue weighted by Gasteiger charge is -1.89. The van der Waals surface area contributed by atoms with Gasteiger partial charge in [-0.2, -0.15) is 0 Å². The fourth-order valence-corrected chi connectivity index (χ4v) is 0.541. The highest BCUT2D eigenvalue weighted by Crippen LogP contribution is 2.25. The molecule has 1 heterocycles. The quantitative estimate of drug-likeness (QED) is 0.471. The van der Waals surface area contributed by atoms with E-state index in [0.717, 1.165) is 18.8 Å². The Labute approximate surface area is 64.6 Å². The average molecular weight is 182 g/mol. The summed E-state index contributed by atoms with van der Waals surface area (Å²) in [6.45, 7) is 2.87. The van der Waals surface area contributed by atoms with Gasteiger partial charge in [0.1, 0.15) is 0 Å². The minimum absolute atomic E-state index is 0.895. The second-order valence-electron chi connectivity index (χ2n) is 1.97. The Morgan fingerprint density at radius 1 is 1.55 bits per heavy atom. The lowest BCUT2D eigenvalue weighted by molar-refractivity contribution is 0.246. The molecule has 0 aromatic rings. The van der Waals surface area contributed by atoms with Crippen molar-refractivity contribution in [2.24, 2.45) is 0 Å². The Morgan fingerprint density at radius 2 is 2.00 bits per heavy atom. The summed E-state index contributed by atoms with van der Waals surface area (Å²) in [5, 5.41) is 0. The molecule has 0 unspecified atom stereocenters. The van der Waals surface area contributed by atoms with Gasteiger partial charge in [0.2, 0.25) is 0 Å². The zero-order chi connectivity index (χ0) is 8.91. The van der Waals surface area contributed by atoms with Crippen molar-refractivity contribution in [3.63, 3.8) is 0 Å². The molecule has 1 aliphatic rings. The molecule has 0 bridgehead atoms. The molecular weight excluding hydrogens is 171 g/mol. The molecular formula is C5H11O5P. The van der Waals surface area contributed by atoms with Crippen LogP contribution in [0.5, 0.6) is 0 Å². The van der Waals surface area contributed by atoms with Crippen LogP contribution in [0.1, 0.15) is 13.3 Å². The first kappa shape index (κ1) is 10.7. The molecule has 5 nitrogen and oxygen atoms in total. The normalized spacial score (nSPS) is 16.2. The number of phosphoric acid groups is 1. The summed E-state index contributed by atoms with van der Waals surface area (Å²) in [6.07, 6.45) is 3.20. The summed E-state index contributed by atoms with van der Waals surface area (Å²) in [4.78, 5) is 21.6. The van der Waals surface area contributed by atoms with Gasteiger partial charge in [-0.05, 0) is 13.0 Å². The number of hydrogen-bond acceptors (Lipinski definition) is 2. The highest BCUT2D eigenvalue weighted by molar-refractivity contribution is 7.45. The van der Waals surface area contributed by atoms with Gasteiger partial charge in [-0.25, -0.2) is 4.57 Å². The van der Waals surface area contributed by atoms with Crippen molar-refractivity contribution in [1.82, 2.24) is 0 Å². The lowest BCUT2D eigenvalue weighted by atomic mass is 10.4. The number of rotatable bonds is 0. The Morgan fingerprint density at radius 3 is 2.09 bits per heavy atom. The van der Waals surface area contributed by atoms with E-state index in [-0.39, 0.29) is 0 Å². The van der Waals surface area contributed by atoms with Gasteiger partial charge in [-0.15, -0.1) is 0 Å². The maximum Gasteiger partial charge on any atom is 0.466 e. The van der Waals surface area contributed by atoms with Crippen molar-refractivity contribution >= 4 is 7.82 Å². The fraction of sp³-hybridized carbons (Fsp3) is 0.600. The van der Waals surface area contributed by atoms with E-state index < -0.39 is 7.82 Å². The van der Waals surface area contributed by atoms with Gasteiger partial charge in [-0.3, -0.25) is 0 Å². The number of allylic oxidation sites excluding steroid dienone is 1. The Kier molecular flexibility index (Phi) is 4.37. The van der Waals surface area contributed by atoms with Gasteiger partial charge < -0.3 is 19.4 Å². The molecule has 1 rings (SSSR count). The van der Waals surface area contributed by atoms with Crippen molar-refractivity contribution in [3.8, 4) is 0 Å². The first-order valence-corrected chi connectivity index (χ1v) is 4.54. The molecule has 66 valence electrons. The summed E-state index contributed by atoms with van der Waals surface area (Å²) in [6, 6.07) is 0. The molecule has 3 N–H and O–H groups in total. The van der Waals surface area contributed by atoms with E-state index in [1.807, 2.05) is 6.92 Å². The maximum atomic E-state index is 8.88. The fourth-order valence-electron chi connectivity index (χ4n) is 0.541. The third kappa shape index (κ3) is 12.8. The molecule has 0 amide bonds. The summed E-state index contributed by atoms with van der Waals surface area (Å²) >= 11 is 0. The Bertz CT molecular complexity index is 173. The first-order valence-electron chi connectivity index (χ1n) is 2.97. The Hall–Kier alpha value is -0.350. The minimum Gasteiger partial charge on any atom is -0.498 e. The minimum atomic E-state index is -4.64. The van der Waals surface area contributed by atoms with Crippen LogP contribution in [-0.2, 0) is 9.30 Å². The van der Waals surface area contributed by atoms with Crippen LogP contribution in [0.3, 0.4) is 0 Å². The van der Waals surface area contributed by atoms with E-state index in [0.29, 0.717) is 0 Å². The van der Waals surface area contributed by atoms with Gasteiger partial charge in [0.25, 0.3) is 0 Å². The van der Waals surface area contributed by atoms with Crippen LogP contribution in [0.15, 0.2) is 11.8 Å². The van der Waals surface area contributed by atoms with E-state index in [9.17, 15) is 0 Å². The van der Waals surface area contributed by atoms with Crippen molar-refractivity contribution in [1.29, 1.82) is 0 Å². The molecule has 0 aromatic heterocycles. The van der Waals surface area contributed by atoms with E-state index in [1.54, 1.807) is 0 Å².